The van der Waals surface area contributed by atoms with Crippen LogP contribution < -0.4 is 10.1 Å². The second kappa shape index (κ2) is 5.71. The molecule has 7 heteroatoms. The number of aryl methyl sites for hydroxylation is 1. The van der Waals surface area contributed by atoms with Crippen molar-refractivity contribution in [3.8, 4) is 5.88 Å². The van der Waals surface area contributed by atoms with Crippen molar-refractivity contribution in [1.82, 2.24) is 14.5 Å². The van der Waals surface area contributed by atoms with Crippen molar-refractivity contribution < 1.29 is 9.53 Å². The minimum atomic E-state index is -0.295. The number of nitrogens with zero attached hydrogens (tertiary/aromatic N) is 3. The van der Waals surface area contributed by atoms with Gasteiger partial charge in [-0.1, -0.05) is 11.6 Å². The van der Waals surface area contributed by atoms with Crippen LogP contribution in [0.3, 0.4) is 0 Å². The van der Waals surface area contributed by atoms with E-state index < -0.39 is 0 Å². The predicted molar refractivity (Wildman–Crippen MR) is 71.7 cm³/mol. The highest BCUT2D eigenvalue weighted by Gasteiger charge is 2.12. The molecule has 0 aliphatic rings. The molecule has 0 aliphatic heterocycles. The summed E-state index contributed by atoms with van der Waals surface area (Å²) < 4.78 is 6.78. The van der Waals surface area contributed by atoms with Crippen LogP contribution in [0.4, 0.5) is 5.95 Å². The lowest BCUT2D eigenvalue weighted by Gasteiger charge is -2.07. The summed E-state index contributed by atoms with van der Waals surface area (Å²) in [7, 11) is 1.46. The lowest BCUT2D eigenvalue weighted by atomic mass is 10.4. The van der Waals surface area contributed by atoms with Crippen LogP contribution in [0.25, 0.3) is 0 Å². The molecule has 0 saturated heterocycles. The molecule has 0 unspecified atom stereocenters. The number of aromatic nitrogens is 3. The normalized spacial score (nSPS) is 10.3. The number of halogens is 1. The van der Waals surface area contributed by atoms with E-state index in [1.807, 2.05) is 17.7 Å². The van der Waals surface area contributed by atoms with Gasteiger partial charge in [-0.05, 0) is 19.1 Å². The second-order valence-corrected chi connectivity index (χ2v) is 4.08. The van der Waals surface area contributed by atoms with Crippen LogP contribution in [0.5, 0.6) is 5.88 Å². The number of rotatable bonds is 4. The van der Waals surface area contributed by atoms with Crippen LogP contribution in [0.2, 0.25) is 5.15 Å². The largest absolute Gasteiger partial charge is 0.481 e. The fourth-order valence-electron chi connectivity index (χ4n) is 1.62. The zero-order valence-electron chi connectivity index (χ0n) is 10.6. The maximum Gasteiger partial charge on any atom is 0.274 e. The van der Waals surface area contributed by atoms with Gasteiger partial charge in [0.15, 0.2) is 0 Å². The van der Waals surface area contributed by atoms with Crippen molar-refractivity contribution in [1.29, 1.82) is 0 Å². The molecule has 0 radical (unpaired) electrons. The maximum absolute atomic E-state index is 12.1. The molecule has 0 bridgehead atoms. The van der Waals surface area contributed by atoms with Crippen LogP contribution in [-0.4, -0.2) is 27.6 Å². The van der Waals surface area contributed by atoms with Gasteiger partial charge in [-0.2, -0.15) is 4.98 Å². The fraction of sp³-hybridized carbons (Fsp3) is 0.250. The second-order valence-electron chi connectivity index (χ2n) is 3.69. The van der Waals surface area contributed by atoms with Gasteiger partial charge < -0.3 is 9.30 Å². The minimum Gasteiger partial charge on any atom is -0.481 e. The Morgan fingerprint density at radius 2 is 2.32 bits per heavy atom. The number of methoxy groups -OCH3 is 1. The molecular formula is C12H13ClN4O2. The molecule has 0 fully saturated rings. The SMILES string of the molecule is CCn1cccc1C(=O)Nc1nc(Cl)cc(OC)n1. The van der Waals surface area contributed by atoms with E-state index in [1.165, 1.54) is 13.2 Å². The molecule has 2 heterocycles. The molecule has 2 aromatic rings. The fourth-order valence-corrected chi connectivity index (χ4v) is 1.79. The van der Waals surface area contributed by atoms with Crippen LogP contribution in [0.1, 0.15) is 17.4 Å². The molecule has 2 rings (SSSR count). The van der Waals surface area contributed by atoms with E-state index >= 15 is 0 Å². The molecule has 0 spiro atoms. The quantitative estimate of drug-likeness (QED) is 0.872. The van der Waals surface area contributed by atoms with Crippen LogP contribution in [0.15, 0.2) is 24.4 Å². The molecule has 0 atom stereocenters. The zero-order valence-corrected chi connectivity index (χ0v) is 11.3. The molecule has 19 heavy (non-hydrogen) atoms. The Morgan fingerprint density at radius 3 is 3.00 bits per heavy atom. The summed E-state index contributed by atoms with van der Waals surface area (Å²) >= 11 is 5.81. The summed E-state index contributed by atoms with van der Waals surface area (Å²) in [5, 5.41) is 2.79. The Bertz CT molecular complexity index is 597. The van der Waals surface area contributed by atoms with Crippen LogP contribution >= 0.6 is 11.6 Å². The van der Waals surface area contributed by atoms with Crippen LogP contribution in [-0.2, 0) is 6.54 Å². The summed E-state index contributed by atoms with van der Waals surface area (Å²) in [6, 6.07) is 4.99. The van der Waals surface area contributed by atoms with E-state index in [4.69, 9.17) is 16.3 Å². The number of carbonyl (C=O) groups excluding carboxylic acids is 1. The van der Waals surface area contributed by atoms with Gasteiger partial charge in [-0.25, -0.2) is 4.98 Å². The highest BCUT2D eigenvalue weighted by molar-refractivity contribution is 6.29. The first-order valence-corrected chi connectivity index (χ1v) is 6.07. The van der Waals surface area contributed by atoms with Gasteiger partial charge in [0.2, 0.25) is 11.8 Å². The number of hydrogen-bond donors (Lipinski definition) is 1. The molecule has 0 aliphatic carbocycles. The lowest BCUT2D eigenvalue weighted by molar-refractivity contribution is 0.101. The Balaban J connectivity index is 2.21. The number of nitrogens with one attached hydrogen (secondary N) is 1. The van der Waals surface area contributed by atoms with E-state index in [9.17, 15) is 4.79 Å². The summed E-state index contributed by atoms with van der Waals surface area (Å²) in [6.07, 6.45) is 1.83. The minimum absolute atomic E-state index is 0.109. The van der Waals surface area contributed by atoms with Gasteiger partial charge in [-0.15, -0.1) is 0 Å². The van der Waals surface area contributed by atoms with Gasteiger partial charge in [0.25, 0.3) is 5.91 Å². The average Bonchev–Trinajstić information content (AvgIpc) is 2.86. The maximum atomic E-state index is 12.1. The van der Waals surface area contributed by atoms with Gasteiger partial charge >= 0.3 is 0 Å². The van der Waals surface area contributed by atoms with Crippen molar-refractivity contribution in [2.75, 3.05) is 12.4 Å². The molecule has 100 valence electrons. The van der Waals surface area contributed by atoms with Gasteiger partial charge in [-0.3, -0.25) is 10.1 Å². The van der Waals surface area contributed by atoms with Crippen molar-refractivity contribution in [2.45, 2.75) is 13.5 Å². The monoisotopic (exact) mass is 280 g/mol. The molecule has 1 N–H and O–H groups in total. The topological polar surface area (TPSA) is 69.0 Å². The van der Waals surface area contributed by atoms with Crippen molar-refractivity contribution in [3.05, 3.63) is 35.2 Å². The Kier molecular flexibility index (Phi) is 4.01. The van der Waals surface area contributed by atoms with Crippen molar-refractivity contribution in [3.63, 3.8) is 0 Å². The van der Waals surface area contributed by atoms with Gasteiger partial charge in [0.05, 0.1) is 7.11 Å². The first kappa shape index (κ1) is 13.4. The van der Waals surface area contributed by atoms with E-state index in [0.29, 0.717) is 18.1 Å². The summed E-state index contributed by atoms with van der Waals surface area (Å²) in [5.41, 5.74) is 0.532. The molecular weight excluding hydrogens is 268 g/mol. The third kappa shape index (κ3) is 3.03. The molecule has 0 saturated carbocycles. The number of carbonyl (C=O) groups is 1. The first-order chi connectivity index (χ1) is 9.13. The number of anilines is 1. The standard InChI is InChI=1S/C12H13ClN4O2/c1-3-17-6-4-5-8(17)11(18)16-12-14-9(13)7-10(15-12)19-2/h4-7H,3H2,1-2H3,(H,14,15,16,18). The van der Waals surface area contributed by atoms with Crippen molar-refractivity contribution >= 4 is 23.5 Å². The van der Waals surface area contributed by atoms with E-state index in [-0.39, 0.29) is 17.0 Å². The molecule has 6 nitrogen and oxygen atoms in total. The summed E-state index contributed by atoms with van der Waals surface area (Å²) in [4.78, 5) is 20.0. The van der Waals surface area contributed by atoms with Gasteiger partial charge in [0, 0.05) is 18.8 Å². The Hall–Kier alpha value is -2.08. The van der Waals surface area contributed by atoms with E-state index in [2.05, 4.69) is 15.3 Å². The lowest BCUT2D eigenvalue weighted by Crippen LogP contribution is -2.18. The third-order valence-corrected chi connectivity index (χ3v) is 2.70. The molecule has 2 aromatic heterocycles. The van der Waals surface area contributed by atoms with Gasteiger partial charge in [0.1, 0.15) is 10.8 Å². The number of ether oxygens (including phenoxy) is 1. The molecule has 0 aromatic carbocycles. The average molecular weight is 281 g/mol. The summed E-state index contributed by atoms with van der Waals surface area (Å²) in [6.45, 7) is 2.66. The van der Waals surface area contributed by atoms with Crippen molar-refractivity contribution in [2.24, 2.45) is 0 Å². The van der Waals surface area contributed by atoms with Crippen LogP contribution in [0, 0.1) is 0 Å². The summed E-state index contributed by atoms with van der Waals surface area (Å²) in [5.74, 6) is 0.107. The number of hydrogen-bond acceptors (Lipinski definition) is 4. The highest BCUT2D eigenvalue weighted by Crippen LogP contribution is 2.16. The molecule has 1 amide bonds. The van der Waals surface area contributed by atoms with E-state index in [0.717, 1.165) is 0 Å². The third-order valence-electron chi connectivity index (χ3n) is 2.51. The smallest absolute Gasteiger partial charge is 0.274 e. The zero-order chi connectivity index (χ0) is 13.8. The number of amides is 1. The Labute approximate surface area is 115 Å². The predicted octanol–water partition coefficient (Wildman–Crippen LogP) is 2.21. The Morgan fingerprint density at radius 1 is 1.53 bits per heavy atom. The van der Waals surface area contributed by atoms with E-state index in [1.54, 1.807) is 12.1 Å². The first-order valence-electron chi connectivity index (χ1n) is 5.69. The highest BCUT2D eigenvalue weighted by atomic mass is 35.5.